The summed E-state index contributed by atoms with van der Waals surface area (Å²) in [4.78, 5) is 2.51. The van der Waals surface area contributed by atoms with E-state index in [2.05, 4.69) is 38.3 Å². The third kappa shape index (κ3) is 4.20. The van der Waals surface area contributed by atoms with E-state index in [0.29, 0.717) is 6.10 Å². The maximum atomic E-state index is 5.85. The van der Waals surface area contributed by atoms with E-state index < -0.39 is 0 Å². The molecule has 0 radical (unpaired) electrons. The lowest BCUT2D eigenvalue weighted by atomic mass is 10.1. The Hall–Kier alpha value is 0.270. The zero-order chi connectivity index (χ0) is 10.6. The minimum atomic E-state index is 0.0264. The first-order valence-electron chi connectivity index (χ1n) is 5.54. The van der Waals surface area contributed by atoms with Gasteiger partial charge < -0.3 is 4.74 Å². The highest BCUT2D eigenvalue weighted by Gasteiger charge is 2.30. The Morgan fingerprint density at radius 3 is 2.71 bits per heavy atom. The van der Waals surface area contributed by atoms with Crippen LogP contribution in [0.5, 0.6) is 0 Å². The topological polar surface area (TPSA) is 12.5 Å². The Labute approximate surface area is 93.4 Å². The molecule has 0 bridgehead atoms. The molecular formula is C11H23NOS. The average molecular weight is 217 g/mol. The van der Waals surface area contributed by atoms with Crippen molar-refractivity contribution in [2.24, 2.45) is 0 Å². The summed E-state index contributed by atoms with van der Waals surface area (Å²) in [7, 11) is 0. The molecule has 1 rings (SSSR count). The molecule has 0 amide bonds. The number of ether oxygens (including phenoxy) is 1. The number of hydrogen-bond donors (Lipinski definition) is 1. The van der Waals surface area contributed by atoms with Gasteiger partial charge in [-0.3, -0.25) is 4.90 Å². The van der Waals surface area contributed by atoms with Crippen LogP contribution in [0.1, 0.15) is 33.6 Å². The molecule has 1 aliphatic rings. The Balaban J connectivity index is 2.30. The molecule has 1 atom stereocenters. The first-order chi connectivity index (χ1) is 6.53. The number of unbranched alkanes of at least 4 members (excludes halogenated alkanes) is 1. The Kier molecular flexibility index (Phi) is 4.74. The molecule has 3 heteroatoms. The summed E-state index contributed by atoms with van der Waals surface area (Å²) in [5.74, 6) is 1.00. The van der Waals surface area contributed by atoms with Gasteiger partial charge in [0.05, 0.1) is 11.7 Å². The summed E-state index contributed by atoms with van der Waals surface area (Å²) < 4.78 is 5.85. The van der Waals surface area contributed by atoms with Gasteiger partial charge in [-0.15, -0.1) is 0 Å². The van der Waals surface area contributed by atoms with Crippen LogP contribution in [0.15, 0.2) is 0 Å². The molecule has 0 saturated carbocycles. The van der Waals surface area contributed by atoms with Crippen molar-refractivity contribution < 1.29 is 4.74 Å². The highest BCUT2D eigenvalue weighted by molar-refractivity contribution is 7.80. The molecule has 1 heterocycles. The highest BCUT2D eigenvalue weighted by Crippen LogP contribution is 2.20. The van der Waals surface area contributed by atoms with Crippen LogP contribution in [0.2, 0.25) is 0 Å². The SMILES string of the molecule is CC1CN(CCCCS)CC(C)(C)O1. The molecule has 0 spiro atoms. The van der Waals surface area contributed by atoms with Crippen molar-refractivity contribution in [3.05, 3.63) is 0 Å². The normalized spacial score (nSPS) is 27.9. The Morgan fingerprint density at radius 2 is 2.14 bits per heavy atom. The molecule has 0 aromatic carbocycles. The molecule has 1 aliphatic heterocycles. The predicted octanol–water partition coefficient (Wildman–Crippen LogP) is 2.20. The number of thiol groups is 1. The molecule has 84 valence electrons. The predicted molar refractivity (Wildman–Crippen MR) is 64.2 cm³/mol. The fourth-order valence-electron chi connectivity index (χ4n) is 2.20. The summed E-state index contributed by atoms with van der Waals surface area (Å²) in [5, 5.41) is 0. The van der Waals surface area contributed by atoms with Crippen molar-refractivity contribution in [1.29, 1.82) is 0 Å². The molecule has 0 aliphatic carbocycles. The summed E-state index contributed by atoms with van der Waals surface area (Å²) in [6.45, 7) is 9.84. The highest BCUT2D eigenvalue weighted by atomic mass is 32.1. The zero-order valence-corrected chi connectivity index (χ0v) is 10.5. The van der Waals surface area contributed by atoms with Gasteiger partial charge in [-0.05, 0) is 45.9 Å². The lowest BCUT2D eigenvalue weighted by Gasteiger charge is -2.41. The van der Waals surface area contributed by atoms with E-state index in [9.17, 15) is 0 Å². The van der Waals surface area contributed by atoms with Gasteiger partial charge in [-0.25, -0.2) is 0 Å². The van der Waals surface area contributed by atoms with Crippen molar-refractivity contribution in [3.8, 4) is 0 Å². The van der Waals surface area contributed by atoms with E-state index in [1.54, 1.807) is 0 Å². The second-order valence-electron chi connectivity index (χ2n) is 4.85. The van der Waals surface area contributed by atoms with Crippen molar-refractivity contribution in [1.82, 2.24) is 4.90 Å². The number of hydrogen-bond acceptors (Lipinski definition) is 3. The number of morpholine rings is 1. The van der Waals surface area contributed by atoms with Crippen LogP contribution >= 0.6 is 12.6 Å². The minimum absolute atomic E-state index is 0.0264. The van der Waals surface area contributed by atoms with E-state index >= 15 is 0 Å². The summed E-state index contributed by atoms with van der Waals surface area (Å²) in [5.41, 5.74) is 0.0264. The van der Waals surface area contributed by atoms with Gasteiger partial charge >= 0.3 is 0 Å². The van der Waals surface area contributed by atoms with Gasteiger partial charge in [0.2, 0.25) is 0 Å². The molecular weight excluding hydrogens is 194 g/mol. The lowest BCUT2D eigenvalue weighted by molar-refractivity contribution is -0.128. The van der Waals surface area contributed by atoms with Crippen LogP contribution in [0, 0.1) is 0 Å². The number of rotatable bonds is 4. The molecule has 0 aromatic rings. The fourth-order valence-corrected chi connectivity index (χ4v) is 2.43. The van der Waals surface area contributed by atoms with Gasteiger partial charge in [0.1, 0.15) is 0 Å². The summed E-state index contributed by atoms with van der Waals surface area (Å²) >= 11 is 4.23. The van der Waals surface area contributed by atoms with Gasteiger partial charge in [-0.2, -0.15) is 12.6 Å². The van der Waals surface area contributed by atoms with E-state index in [1.807, 2.05) is 0 Å². The fraction of sp³-hybridized carbons (Fsp3) is 1.00. The van der Waals surface area contributed by atoms with Crippen LogP contribution in [0.4, 0.5) is 0 Å². The Bertz CT molecular complexity index is 173. The first kappa shape index (κ1) is 12.3. The van der Waals surface area contributed by atoms with Crippen LogP contribution in [-0.2, 0) is 4.74 Å². The number of nitrogens with zero attached hydrogens (tertiary/aromatic N) is 1. The van der Waals surface area contributed by atoms with Gasteiger partial charge in [0.25, 0.3) is 0 Å². The molecule has 14 heavy (non-hydrogen) atoms. The van der Waals surface area contributed by atoms with Crippen LogP contribution in [-0.4, -0.2) is 42.0 Å². The van der Waals surface area contributed by atoms with Crippen molar-refractivity contribution >= 4 is 12.6 Å². The lowest BCUT2D eigenvalue weighted by Crippen LogP contribution is -2.51. The smallest absolute Gasteiger partial charge is 0.0757 e. The molecule has 0 aromatic heterocycles. The van der Waals surface area contributed by atoms with Gasteiger partial charge in [-0.1, -0.05) is 0 Å². The first-order valence-corrected chi connectivity index (χ1v) is 6.18. The van der Waals surface area contributed by atoms with E-state index in [0.717, 1.165) is 18.8 Å². The largest absolute Gasteiger partial charge is 0.370 e. The average Bonchev–Trinajstić information content (AvgIpc) is 2.00. The second-order valence-corrected chi connectivity index (χ2v) is 5.30. The molecule has 0 N–H and O–H groups in total. The summed E-state index contributed by atoms with van der Waals surface area (Å²) in [6.07, 6.45) is 2.84. The molecule has 1 unspecified atom stereocenters. The van der Waals surface area contributed by atoms with Crippen LogP contribution in [0.3, 0.4) is 0 Å². The second kappa shape index (κ2) is 5.38. The monoisotopic (exact) mass is 217 g/mol. The third-order valence-corrected chi connectivity index (χ3v) is 2.84. The van der Waals surface area contributed by atoms with Crippen molar-refractivity contribution in [2.45, 2.75) is 45.3 Å². The molecule has 1 saturated heterocycles. The van der Waals surface area contributed by atoms with Gasteiger partial charge in [0, 0.05) is 13.1 Å². The zero-order valence-electron chi connectivity index (χ0n) is 9.62. The van der Waals surface area contributed by atoms with Crippen molar-refractivity contribution in [2.75, 3.05) is 25.4 Å². The minimum Gasteiger partial charge on any atom is -0.370 e. The Morgan fingerprint density at radius 1 is 1.43 bits per heavy atom. The van der Waals surface area contributed by atoms with Crippen LogP contribution < -0.4 is 0 Å². The van der Waals surface area contributed by atoms with E-state index in [-0.39, 0.29) is 5.60 Å². The third-order valence-electron chi connectivity index (χ3n) is 2.52. The standard InChI is InChI=1S/C11H23NOS/c1-10-8-12(6-4-5-7-14)9-11(2,3)13-10/h10,14H,4-9H2,1-3H3. The maximum absolute atomic E-state index is 5.85. The summed E-state index contributed by atoms with van der Waals surface area (Å²) in [6, 6.07) is 0. The quantitative estimate of drug-likeness (QED) is 0.572. The van der Waals surface area contributed by atoms with Gasteiger partial charge in [0.15, 0.2) is 0 Å². The van der Waals surface area contributed by atoms with E-state index in [1.165, 1.54) is 19.4 Å². The van der Waals surface area contributed by atoms with Crippen molar-refractivity contribution in [3.63, 3.8) is 0 Å². The van der Waals surface area contributed by atoms with Crippen LogP contribution in [0.25, 0.3) is 0 Å². The molecule has 1 fully saturated rings. The molecule has 2 nitrogen and oxygen atoms in total. The van der Waals surface area contributed by atoms with E-state index in [4.69, 9.17) is 4.74 Å². The maximum Gasteiger partial charge on any atom is 0.0757 e.